The molecule has 3 N–H and O–H groups in total. The SMILES string of the molecule is CC/C(=N\NC(N)=O)C1=C[C@@]2(C)CC[C@H]1C2(C)C. The van der Waals surface area contributed by atoms with Crippen molar-refractivity contribution >= 4 is 11.7 Å². The van der Waals surface area contributed by atoms with Gasteiger partial charge in [-0.05, 0) is 41.6 Å². The topological polar surface area (TPSA) is 67.5 Å². The van der Waals surface area contributed by atoms with Gasteiger partial charge in [-0.3, -0.25) is 0 Å². The van der Waals surface area contributed by atoms with Crippen LogP contribution in [0.25, 0.3) is 0 Å². The fraction of sp³-hybridized carbons (Fsp3) is 0.714. The van der Waals surface area contributed by atoms with Gasteiger partial charge >= 0.3 is 6.03 Å². The van der Waals surface area contributed by atoms with Gasteiger partial charge < -0.3 is 5.73 Å². The molecule has 0 unspecified atom stereocenters. The minimum atomic E-state index is -0.602. The zero-order valence-corrected chi connectivity index (χ0v) is 11.7. The molecule has 0 heterocycles. The van der Waals surface area contributed by atoms with Crippen molar-refractivity contribution in [3.8, 4) is 0 Å². The van der Waals surface area contributed by atoms with Crippen LogP contribution >= 0.6 is 0 Å². The minimum absolute atomic E-state index is 0.260. The van der Waals surface area contributed by atoms with E-state index >= 15 is 0 Å². The van der Waals surface area contributed by atoms with E-state index in [9.17, 15) is 4.79 Å². The Hall–Kier alpha value is -1.32. The smallest absolute Gasteiger partial charge is 0.332 e. The molecule has 0 saturated heterocycles. The summed E-state index contributed by atoms with van der Waals surface area (Å²) in [4.78, 5) is 10.8. The van der Waals surface area contributed by atoms with E-state index in [0.717, 1.165) is 12.1 Å². The first-order valence-corrected chi connectivity index (χ1v) is 6.67. The molecule has 2 bridgehead atoms. The lowest BCUT2D eigenvalue weighted by atomic mass is 9.70. The summed E-state index contributed by atoms with van der Waals surface area (Å²) in [7, 11) is 0. The summed E-state index contributed by atoms with van der Waals surface area (Å²) in [5.74, 6) is 0.552. The summed E-state index contributed by atoms with van der Waals surface area (Å²) >= 11 is 0. The van der Waals surface area contributed by atoms with E-state index in [1.807, 2.05) is 0 Å². The number of fused-ring (bicyclic) bond motifs is 2. The first kappa shape index (κ1) is 13.1. The van der Waals surface area contributed by atoms with E-state index < -0.39 is 6.03 Å². The van der Waals surface area contributed by atoms with Crippen LogP contribution in [0.4, 0.5) is 4.79 Å². The first-order valence-electron chi connectivity index (χ1n) is 6.67. The van der Waals surface area contributed by atoms with Crippen molar-refractivity contribution < 1.29 is 4.79 Å². The molecule has 0 aromatic carbocycles. The van der Waals surface area contributed by atoms with E-state index in [4.69, 9.17) is 5.73 Å². The van der Waals surface area contributed by atoms with Gasteiger partial charge in [0.25, 0.3) is 0 Å². The summed E-state index contributed by atoms with van der Waals surface area (Å²) in [6, 6.07) is -0.602. The van der Waals surface area contributed by atoms with Gasteiger partial charge in [-0.1, -0.05) is 33.8 Å². The van der Waals surface area contributed by atoms with Crippen molar-refractivity contribution in [2.45, 2.75) is 47.0 Å². The fourth-order valence-corrected chi connectivity index (χ4v) is 3.53. The van der Waals surface area contributed by atoms with Crippen molar-refractivity contribution in [3.05, 3.63) is 11.6 Å². The maximum atomic E-state index is 10.8. The molecule has 0 aromatic rings. The zero-order chi connectivity index (χ0) is 13.6. The number of rotatable bonds is 3. The third-order valence-electron chi connectivity index (χ3n) is 5.11. The molecule has 2 atom stereocenters. The molecule has 1 fully saturated rings. The van der Waals surface area contributed by atoms with Gasteiger partial charge in [0.2, 0.25) is 0 Å². The predicted octanol–water partition coefficient (Wildman–Crippen LogP) is 2.80. The molecule has 2 aliphatic carbocycles. The quantitative estimate of drug-likeness (QED) is 0.586. The van der Waals surface area contributed by atoms with Gasteiger partial charge in [0.15, 0.2) is 0 Å². The molecule has 2 amide bonds. The van der Waals surface area contributed by atoms with Crippen molar-refractivity contribution in [1.82, 2.24) is 5.43 Å². The number of carbonyl (C=O) groups is 1. The van der Waals surface area contributed by atoms with Crippen molar-refractivity contribution in [2.75, 3.05) is 0 Å². The van der Waals surface area contributed by atoms with E-state index in [-0.39, 0.29) is 10.8 Å². The number of allylic oxidation sites excluding steroid dienone is 2. The van der Waals surface area contributed by atoms with Crippen LogP contribution < -0.4 is 11.2 Å². The average molecular weight is 249 g/mol. The molecule has 2 aliphatic rings. The highest BCUT2D eigenvalue weighted by Gasteiger charge is 2.56. The summed E-state index contributed by atoms with van der Waals surface area (Å²) in [6.07, 6.45) is 5.64. The van der Waals surface area contributed by atoms with E-state index in [2.05, 4.69) is 44.3 Å². The number of carbonyl (C=O) groups excluding carboxylic acids is 1. The molecule has 0 spiro atoms. The summed E-state index contributed by atoms with van der Waals surface area (Å²) in [6.45, 7) is 9.06. The number of nitrogens with zero attached hydrogens (tertiary/aromatic N) is 1. The summed E-state index contributed by atoms with van der Waals surface area (Å²) in [5, 5.41) is 4.16. The standard InChI is InChI=1S/C14H23N3O/c1-5-11(16-17-12(15)18)9-8-14(4)7-6-10(9)13(14,2)3/h8,10H,5-7H2,1-4H3,(H3,15,17,18)/b16-11+/t10-,14-/m1/s1. The van der Waals surface area contributed by atoms with Crippen LogP contribution in [0.2, 0.25) is 0 Å². The maximum absolute atomic E-state index is 10.8. The van der Waals surface area contributed by atoms with E-state index in [1.165, 1.54) is 18.4 Å². The molecule has 2 rings (SSSR count). The first-order chi connectivity index (χ1) is 8.32. The Morgan fingerprint density at radius 2 is 2.22 bits per heavy atom. The van der Waals surface area contributed by atoms with Crippen LogP contribution in [-0.2, 0) is 0 Å². The molecule has 1 saturated carbocycles. The fourth-order valence-electron chi connectivity index (χ4n) is 3.53. The second-order valence-corrected chi connectivity index (χ2v) is 6.22. The third-order valence-corrected chi connectivity index (χ3v) is 5.11. The number of hydrogen-bond donors (Lipinski definition) is 2. The molecule has 0 aromatic heterocycles. The summed E-state index contributed by atoms with van der Waals surface area (Å²) in [5.41, 5.74) is 10.3. The highest BCUT2D eigenvalue weighted by molar-refractivity contribution is 6.01. The van der Waals surface area contributed by atoms with Gasteiger partial charge in [0.1, 0.15) is 0 Å². The van der Waals surface area contributed by atoms with Crippen LogP contribution in [0.1, 0.15) is 47.0 Å². The number of amides is 2. The number of nitrogens with one attached hydrogen (secondary N) is 1. The van der Waals surface area contributed by atoms with Gasteiger partial charge in [-0.2, -0.15) is 5.10 Å². The van der Waals surface area contributed by atoms with E-state index in [1.54, 1.807) is 0 Å². The molecule has 4 heteroatoms. The molecule has 4 nitrogen and oxygen atoms in total. The Bertz CT molecular complexity index is 436. The van der Waals surface area contributed by atoms with E-state index in [0.29, 0.717) is 5.92 Å². The Morgan fingerprint density at radius 1 is 1.56 bits per heavy atom. The number of nitrogens with two attached hydrogens (primary N) is 1. The molecule has 0 aliphatic heterocycles. The monoisotopic (exact) mass is 249 g/mol. The molecular formula is C14H23N3O. The van der Waals surface area contributed by atoms with Crippen LogP contribution in [0, 0.1) is 16.7 Å². The van der Waals surface area contributed by atoms with Crippen LogP contribution in [0.5, 0.6) is 0 Å². The normalized spacial score (nSPS) is 33.4. The van der Waals surface area contributed by atoms with Gasteiger partial charge in [0, 0.05) is 0 Å². The maximum Gasteiger partial charge on any atom is 0.332 e. The molecule has 100 valence electrons. The number of primary amides is 1. The predicted molar refractivity (Wildman–Crippen MR) is 73.1 cm³/mol. The Balaban J connectivity index is 2.30. The van der Waals surface area contributed by atoms with Crippen LogP contribution in [0.15, 0.2) is 16.8 Å². The number of urea groups is 1. The lowest BCUT2D eigenvalue weighted by Crippen LogP contribution is -2.29. The Labute approximate surface area is 109 Å². The Kier molecular flexibility index (Phi) is 2.99. The van der Waals surface area contributed by atoms with Crippen molar-refractivity contribution in [3.63, 3.8) is 0 Å². The van der Waals surface area contributed by atoms with Crippen molar-refractivity contribution in [1.29, 1.82) is 0 Å². The molecule has 18 heavy (non-hydrogen) atoms. The van der Waals surface area contributed by atoms with Gasteiger partial charge in [-0.25, -0.2) is 10.2 Å². The second kappa shape index (κ2) is 4.11. The zero-order valence-electron chi connectivity index (χ0n) is 11.7. The molecular weight excluding hydrogens is 226 g/mol. The second-order valence-electron chi connectivity index (χ2n) is 6.22. The Morgan fingerprint density at radius 3 is 2.61 bits per heavy atom. The highest BCUT2D eigenvalue weighted by Crippen LogP contribution is 2.64. The molecule has 0 radical (unpaired) electrons. The van der Waals surface area contributed by atoms with Crippen molar-refractivity contribution in [2.24, 2.45) is 27.6 Å². The van der Waals surface area contributed by atoms with Crippen LogP contribution in [-0.4, -0.2) is 11.7 Å². The van der Waals surface area contributed by atoms with Gasteiger partial charge in [0.05, 0.1) is 5.71 Å². The lowest BCUT2D eigenvalue weighted by Gasteiger charge is -2.34. The van der Waals surface area contributed by atoms with Gasteiger partial charge in [-0.15, -0.1) is 0 Å². The summed E-state index contributed by atoms with van der Waals surface area (Å²) < 4.78 is 0. The third kappa shape index (κ3) is 1.74. The van der Waals surface area contributed by atoms with Crippen LogP contribution in [0.3, 0.4) is 0 Å². The average Bonchev–Trinajstić information content (AvgIpc) is 2.61. The largest absolute Gasteiger partial charge is 0.350 e. The number of hydrogen-bond acceptors (Lipinski definition) is 2. The number of hydrazone groups is 1. The minimum Gasteiger partial charge on any atom is -0.350 e. The highest BCUT2D eigenvalue weighted by atomic mass is 16.2. The lowest BCUT2D eigenvalue weighted by molar-refractivity contribution is 0.180.